The normalized spacial score (nSPS) is 16.6. The van der Waals surface area contributed by atoms with Crippen LogP contribution in [-0.2, 0) is 42.9 Å². The van der Waals surface area contributed by atoms with E-state index in [9.17, 15) is 21.6 Å². The summed E-state index contributed by atoms with van der Waals surface area (Å²) < 4.78 is 64.7. The molecule has 0 aliphatic carbocycles. The minimum atomic E-state index is -4.04. The van der Waals surface area contributed by atoms with Crippen molar-refractivity contribution in [1.29, 1.82) is 0 Å². The number of fused-ring (bicyclic) bond motifs is 1. The lowest BCUT2D eigenvalue weighted by molar-refractivity contribution is -0.153. The molecule has 3 rings (SSSR count). The summed E-state index contributed by atoms with van der Waals surface area (Å²) in [6.45, 7) is 6.89. The van der Waals surface area contributed by atoms with E-state index >= 15 is 0 Å². The molecule has 1 aromatic heterocycles. The van der Waals surface area contributed by atoms with Gasteiger partial charge in [-0.2, -0.15) is 5.10 Å². The fourth-order valence-corrected chi connectivity index (χ4v) is 5.96. The lowest BCUT2D eigenvalue weighted by atomic mass is 10.1. The van der Waals surface area contributed by atoms with E-state index in [1.165, 1.54) is 15.2 Å². The first kappa shape index (κ1) is 26.0. The van der Waals surface area contributed by atoms with Gasteiger partial charge in [-0.05, 0) is 51.8 Å². The van der Waals surface area contributed by atoms with E-state index in [2.05, 4.69) is 5.10 Å². The molecule has 1 aromatic carbocycles. The third kappa shape index (κ3) is 6.09. The number of sulfone groups is 1. The second kappa shape index (κ2) is 9.21. The van der Waals surface area contributed by atoms with Gasteiger partial charge in [0.2, 0.25) is 0 Å². The lowest BCUT2D eigenvalue weighted by Crippen LogP contribution is -2.44. The molecule has 0 saturated heterocycles. The topological polar surface area (TPSA) is 125 Å². The van der Waals surface area contributed by atoms with Crippen LogP contribution >= 0.6 is 0 Å². The zero-order chi connectivity index (χ0) is 25.5. The monoisotopic (exact) mass is 513 g/mol. The van der Waals surface area contributed by atoms with Gasteiger partial charge in [0.05, 0.1) is 36.3 Å². The number of esters is 1. The molecule has 0 spiro atoms. The van der Waals surface area contributed by atoms with Crippen LogP contribution in [0.4, 0.5) is 5.69 Å². The quantitative estimate of drug-likeness (QED) is 0.515. The van der Waals surface area contributed by atoms with Crippen LogP contribution in [0.25, 0.3) is 0 Å². The molecule has 0 N–H and O–H groups in total. The number of hydrogen-bond donors (Lipinski definition) is 0. The fraction of sp³-hybridized carbons (Fsp3) is 0.545. The summed E-state index contributed by atoms with van der Waals surface area (Å²) in [6.07, 6.45) is 1.85. The first-order valence-corrected chi connectivity index (χ1v) is 14.3. The Kier molecular flexibility index (Phi) is 7.05. The molecule has 2 heterocycles. The standard InChI is InChI=1S/C22H31N3O7S2/c1-15-20(13-23-24(15)5)34(29,30)25-14-17(9-10-33(6,27)28)31-19-8-7-16(11-18(19)25)12-21(26)32-22(2,3)4/h7-8,11,13,17H,9-10,12,14H2,1-6H3/t17-/m0/s1. The number of ether oxygens (including phenoxy) is 2. The largest absolute Gasteiger partial charge is 0.486 e. The molecule has 0 radical (unpaired) electrons. The van der Waals surface area contributed by atoms with Gasteiger partial charge < -0.3 is 9.47 Å². The van der Waals surface area contributed by atoms with Gasteiger partial charge in [-0.15, -0.1) is 0 Å². The molecule has 0 unspecified atom stereocenters. The lowest BCUT2D eigenvalue weighted by Gasteiger charge is -2.35. The van der Waals surface area contributed by atoms with Gasteiger partial charge in [0.25, 0.3) is 10.0 Å². The number of rotatable bonds is 7. The van der Waals surface area contributed by atoms with Crippen molar-refractivity contribution < 1.29 is 31.1 Å². The van der Waals surface area contributed by atoms with Crippen LogP contribution in [0.1, 0.15) is 38.4 Å². The molecule has 188 valence electrons. The van der Waals surface area contributed by atoms with Crippen molar-refractivity contribution in [2.24, 2.45) is 7.05 Å². The van der Waals surface area contributed by atoms with Crippen molar-refractivity contribution in [2.45, 2.75) is 57.1 Å². The van der Waals surface area contributed by atoms with Crippen molar-refractivity contribution in [3.8, 4) is 5.75 Å². The molecule has 10 nitrogen and oxygen atoms in total. The SMILES string of the molecule is Cc1c(S(=O)(=O)N2C[C@H](CCS(C)(=O)=O)Oc3ccc(CC(=O)OC(C)(C)C)cc32)cnn1C. The van der Waals surface area contributed by atoms with E-state index in [0.717, 1.165) is 6.26 Å². The third-order valence-electron chi connectivity index (χ3n) is 5.29. The van der Waals surface area contributed by atoms with E-state index in [0.29, 0.717) is 17.0 Å². The Morgan fingerprint density at radius 3 is 2.47 bits per heavy atom. The number of aryl methyl sites for hydroxylation is 1. The fourth-order valence-electron chi connectivity index (χ4n) is 3.59. The minimum Gasteiger partial charge on any atom is -0.486 e. The summed E-state index contributed by atoms with van der Waals surface area (Å²) >= 11 is 0. The summed E-state index contributed by atoms with van der Waals surface area (Å²) in [5.74, 6) is -0.278. The average molecular weight is 514 g/mol. The van der Waals surface area contributed by atoms with Crippen molar-refractivity contribution in [3.63, 3.8) is 0 Å². The highest BCUT2D eigenvalue weighted by molar-refractivity contribution is 7.93. The van der Waals surface area contributed by atoms with Crippen molar-refractivity contribution in [1.82, 2.24) is 9.78 Å². The van der Waals surface area contributed by atoms with Crippen LogP contribution in [0.3, 0.4) is 0 Å². The second-order valence-corrected chi connectivity index (χ2v) is 13.6. The molecular formula is C22H31N3O7S2. The van der Waals surface area contributed by atoms with Gasteiger partial charge in [-0.3, -0.25) is 13.8 Å². The summed E-state index contributed by atoms with van der Waals surface area (Å²) in [5.41, 5.74) is 0.661. The zero-order valence-corrected chi connectivity index (χ0v) is 21.9. The molecule has 2 aromatic rings. The zero-order valence-electron chi connectivity index (χ0n) is 20.2. The van der Waals surface area contributed by atoms with E-state index in [4.69, 9.17) is 9.47 Å². The highest BCUT2D eigenvalue weighted by Gasteiger charge is 2.37. The Labute approximate surface area is 200 Å². The van der Waals surface area contributed by atoms with Gasteiger partial charge in [0.1, 0.15) is 32.2 Å². The summed E-state index contributed by atoms with van der Waals surface area (Å²) in [7, 11) is -5.65. The number of hydrogen-bond acceptors (Lipinski definition) is 8. The molecule has 1 aliphatic heterocycles. The average Bonchev–Trinajstić information content (AvgIpc) is 3.03. The third-order valence-corrected chi connectivity index (χ3v) is 8.15. The molecule has 0 bridgehead atoms. The van der Waals surface area contributed by atoms with Crippen molar-refractivity contribution in [2.75, 3.05) is 22.9 Å². The number of anilines is 1. The maximum absolute atomic E-state index is 13.7. The van der Waals surface area contributed by atoms with Crippen LogP contribution in [0, 0.1) is 6.92 Å². The van der Waals surface area contributed by atoms with E-state index in [-0.39, 0.29) is 35.7 Å². The van der Waals surface area contributed by atoms with E-state index < -0.39 is 37.5 Å². The van der Waals surface area contributed by atoms with Crippen LogP contribution < -0.4 is 9.04 Å². The first-order chi connectivity index (χ1) is 15.6. The highest BCUT2D eigenvalue weighted by atomic mass is 32.2. The van der Waals surface area contributed by atoms with Gasteiger partial charge >= 0.3 is 5.97 Å². The Morgan fingerprint density at radius 2 is 1.91 bits per heavy atom. The Morgan fingerprint density at radius 1 is 1.24 bits per heavy atom. The number of benzene rings is 1. The van der Waals surface area contributed by atoms with Gasteiger partial charge in [0.15, 0.2) is 0 Å². The van der Waals surface area contributed by atoms with Crippen molar-refractivity contribution in [3.05, 3.63) is 35.7 Å². The Hall–Kier alpha value is -2.60. The maximum atomic E-state index is 13.7. The van der Waals surface area contributed by atoms with Gasteiger partial charge in [-0.25, -0.2) is 16.8 Å². The van der Waals surface area contributed by atoms with E-state index in [1.807, 2.05) is 0 Å². The Balaban J connectivity index is 2.00. The molecule has 34 heavy (non-hydrogen) atoms. The Bertz CT molecular complexity index is 1290. The van der Waals surface area contributed by atoms with Crippen LogP contribution in [0.15, 0.2) is 29.3 Å². The highest BCUT2D eigenvalue weighted by Crippen LogP contribution is 2.39. The number of carbonyl (C=O) groups is 1. The predicted octanol–water partition coefficient (Wildman–Crippen LogP) is 2.00. The van der Waals surface area contributed by atoms with Gasteiger partial charge in [0, 0.05) is 13.3 Å². The maximum Gasteiger partial charge on any atom is 0.310 e. The number of nitrogens with zero attached hydrogens (tertiary/aromatic N) is 3. The van der Waals surface area contributed by atoms with Crippen LogP contribution in [-0.4, -0.2) is 62.8 Å². The summed E-state index contributed by atoms with van der Waals surface area (Å²) in [5, 5.41) is 4.05. The molecule has 1 aliphatic rings. The minimum absolute atomic E-state index is 0.0398. The molecule has 0 fully saturated rings. The smallest absolute Gasteiger partial charge is 0.310 e. The molecule has 0 saturated carbocycles. The molecule has 0 amide bonds. The van der Waals surface area contributed by atoms with Crippen LogP contribution in [0.5, 0.6) is 5.75 Å². The molecule has 12 heteroatoms. The number of sulfonamides is 1. The van der Waals surface area contributed by atoms with E-state index in [1.54, 1.807) is 52.9 Å². The summed E-state index contributed by atoms with van der Waals surface area (Å²) in [6, 6.07) is 4.86. The predicted molar refractivity (Wildman–Crippen MR) is 127 cm³/mol. The first-order valence-electron chi connectivity index (χ1n) is 10.8. The summed E-state index contributed by atoms with van der Waals surface area (Å²) in [4.78, 5) is 12.4. The number of aromatic nitrogens is 2. The molecular weight excluding hydrogens is 482 g/mol. The molecule has 1 atom stereocenters. The van der Waals surface area contributed by atoms with Gasteiger partial charge in [-0.1, -0.05) is 6.07 Å². The second-order valence-electron chi connectivity index (χ2n) is 9.48. The van der Waals surface area contributed by atoms with Crippen LogP contribution in [0.2, 0.25) is 0 Å². The number of carbonyl (C=O) groups excluding carboxylic acids is 1. The van der Waals surface area contributed by atoms with Crippen molar-refractivity contribution >= 4 is 31.5 Å².